The molecule has 0 saturated heterocycles. The summed E-state index contributed by atoms with van der Waals surface area (Å²) >= 11 is 1.68. The van der Waals surface area contributed by atoms with Crippen LogP contribution < -0.4 is 5.32 Å². The highest BCUT2D eigenvalue weighted by atomic mass is 32.1. The molecule has 0 aromatic carbocycles. The largest absolute Gasteiger partial charge is 0.305 e. The van der Waals surface area contributed by atoms with Gasteiger partial charge in [-0.25, -0.2) is 15.0 Å². The normalized spacial score (nSPS) is 10.6. The predicted octanol–water partition coefficient (Wildman–Crippen LogP) is 1.84. The Labute approximate surface area is 98.8 Å². The third kappa shape index (κ3) is 3.08. The standard InChI is InChI=1S/C11H14N4S/c1-8-13-4-3-10(14-8)5-12-6-11-7-16-9(2)15-11/h3-4,7,12H,5-6H2,1-2H3. The molecule has 0 fully saturated rings. The molecule has 0 aliphatic heterocycles. The minimum absolute atomic E-state index is 0.750. The lowest BCUT2D eigenvalue weighted by Gasteiger charge is -2.02. The molecule has 1 N–H and O–H groups in total. The van der Waals surface area contributed by atoms with Gasteiger partial charge in [-0.2, -0.15) is 0 Å². The van der Waals surface area contributed by atoms with Gasteiger partial charge in [-0.1, -0.05) is 0 Å². The van der Waals surface area contributed by atoms with Crippen LogP contribution >= 0.6 is 11.3 Å². The van der Waals surface area contributed by atoms with Gasteiger partial charge in [0, 0.05) is 24.7 Å². The van der Waals surface area contributed by atoms with E-state index in [1.807, 2.05) is 19.9 Å². The minimum atomic E-state index is 0.750. The fraction of sp³-hybridized carbons (Fsp3) is 0.364. The first-order valence-corrected chi connectivity index (χ1v) is 6.02. The van der Waals surface area contributed by atoms with Crippen LogP contribution in [0.5, 0.6) is 0 Å². The molecule has 2 heterocycles. The number of aromatic nitrogens is 3. The van der Waals surface area contributed by atoms with Gasteiger partial charge in [-0.05, 0) is 19.9 Å². The van der Waals surface area contributed by atoms with Crippen molar-refractivity contribution in [3.8, 4) is 0 Å². The smallest absolute Gasteiger partial charge is 0.125 e. The Balaban J connectivity index is 1.84. The van der Waals surface area contributed by atoms with Crippen molar-refractivity contribution < 1.29 is 0 Å². The number of rotatable bonds is 4. The van der Waals surface area contributed by atoms with Crippen LogP contribution in [0.3, 0.4) is 0 Å². The highest BCUT2D eigenvalue weighted by Gasteiger charge is 1.99. The lowest BCUT2D eigenvalue weighted by atomic mass is 10.4. The average Bonchev–Trinajstić information content (AvgIpc) is 2.64. The average molecular weight is 234 g/mol. The van der Waals surface area contributed by atoms with Crippen LogP contribution in [0.15, 0.2) is 17.6 Å². The number of hydrogen-bond donors (Lipinski definition) is 1. The van der Waals surface area contributed by atoms with Crippen molar-refractivity contribution in [1.29, 1.82) is 0 Å². The van der Waals surface area contributed by atoms with Gasteiger partial charge in [0.05, 0.1) is 16.4 Å². The van der Waals surface area contributed by atoms with Gasteiger partial charge in [-0.3, -0.25) is 0 Å². The van der Waals surface area contributed by atoms with Crippen molar-refractivity contribution in [1.82, 2.24) is 20.3 Å². The summed E-state index contributed by atoms with van der Waals surface area (Å²) in [5, 5.41) is 6.50. The van der Waals surface area contributed by atoms with Crippen LogP contribution in [0.4, 0.5) is 0 Å². The summed E-state index contributed by atoms with van der Waals surface area (Å²) in [4.78, 5) is 12.8. The summed E-state index contributed by atoms with van der Waals surface area (Å²) in [6.45, 7) is 5.45. The highest BCUT2D eigenvalue weighted by molar-refractivity contribution is 7.09. The summed E-state index contributed by atoms with van der Waals surface area (Å²) < 4.78 is 0. The highest BCUT2D eigenvalue weighted by Crippen LogP contribution is 2.07. The first-order valence-electron chi connectivity index (χ1n) is 5.14. The second-order valence-electron chi connectivity index (χ2n) is 3.56. The van der Waals surface area contributed by atoms with E-state index >= 15 is 0 Å². The molecule has 2 aromatic rings. The summed E-state index contributed by atoms with van der Waals surface area (Å²) in [5.41, 5.74) is 2.10. The third-order valence-electron chi connectivity index (χ3n) is 2.11. The summed E-state index contributed by atoms with van der Waals surface area (Å²) in [6.07, 6.45) is 1.78. The predicted molar refractivity (Wildman–Crippen MR) is 64.2 cm³/mol. The maximum Gasteiger partial charge on any atom is 0.125 e. The van der Waals surface area contributed by atoms with Gasteiger partial charge < -0.3 is 5.32 Å². The third-order valence-corrected chi connectivity index (χ3v) is 2.93. The van der Waals surface area contributed by atoms with Gasteiger partial charge >= 0.3 is 0 Å². The van der Waals surface area contributed by atoms with Crippen molar-refractivity contribution in [3.63, 3.8) is 0 Å². The number of nitrogens with zero attached hydrogens (tertiary/aromatic N) is 3. The molecule has 0 atom stereocenters. The first kappa shape index (κ1) is 11.2. The summed E-state index contributed by atoms with van der Waals surface area (Å²) in [7, 11) is 0. The molecule has 0 bridgehead atoms. The topological polar surface area (TPSA) is 50.7 Å². The Morgan fingerprint density at radius 2 is 2.00 bits per heavy atom. The fourth-order valence-corrected chi connectivity index (χ4v) is 2.02. The quantitative estimate of drug-likeness (QED) is 0.877. The lowest BCUT2D eigenvalue weighted by molar-refractivity contribution is 0.665. The zero-order valence-electron chi connectivity index (χ0n) is 9.40. The fourth-order valence-electron chi connectivity index (χ4n) is 1.41. The van der Waals surface area contributed by atoms with Crippen molar-refractivity contribution in [2.75, 3.05) is 0 Å². The van der Waals surface area contributed by atoms with Crippen LogP contribution in [0.2, 0.25) is 0 Å². The van der Waals surface area contributed by atoms with Crippen LogP contribution in [-0.2, 0) is 13.1 Å². The van der Waals surface area contributed by atoms with Crippen LogP contribution in [0, 0.1) is 13.8 Å². The van der Waals surface area contributed by atoms with E-state index in [0.717, 1.165) is 35.3 Å². The Hall–Kier alpha value is -1.33. The molecule has 0 aliphatic rings. The Morgan fingerprint density at radius 1 is 1.19 bits per heavy atom. The zero-order chi connectivity index (χ0) is 11.4. The Kier molecular flexibility index (Phi) is 3.58. The van der Waals surface area contributed by atoms with Gasteiger partial charge in [0.1, 0.15) is 5.82 Å². The second-order valence-corrected chi connectivity index (χ2v) is 4.62. The minimum Gasteiger partial charge on any atom is -0.305 e. The monoisotopic (exact) mass is 234 g/mol. The van der Waals surface area contributed by atoms with Gasteiger partial charge in [0.15, 0.2) is 0 Å². The Bertz CT molecular complexity index is 467. The van der Waals surface area contributed by atoms with Gasteiger partial charge in [0.2, 0.25) is 0 Å². The van der Waals surface area contributed by atoms with Gasteiger partial charge in [-0.15, -0.1) is 11.3 Å². The summed E-state index contributed by atoms with van der Waals surface area (Å²) in [6, 6.07) is 1.92. The SMILES string of the molecule is Cc1nccc(CNCc2csc(C)n2)n1. The molecule has 16 heavy (non-hydrogen) atoms. The van der Waals surface area contributed by atoms with Crippen LogP contribution in [0.1, 0.15) is 22.2 Å². The molecular formula is C11H14N4S. The number of thiazole rings is 1. The van der Waals surface area contributed by atoms with Crippen molar-refractivity contribution in [2.45, 2.75) is 26.9 Å². The molecule has 4 nitrogen and oxygen atoms in total. The zero-order valence-corrected chi connectivity index (χ0v) is 10.2. The summed E-state index contributed by atoms with van der Waals surface area (Å²) in [5.74, 6) is 0.809. The van der Waals surface area contributed by atoms with E-state index in [2.05, 4.69) is 25.6 Å². The van der Waals surface area contributed by atoms with E-state index in [-0.39, 0.29) is 0 Å². The first-order chi connectivity index (χ1) is 7.74. The van der Waals surface area contributed by atoms with Gasteiger partial charge in [0.25, 0.3) is 0 Å². The van der Waals surface area contributed by atoms with Crippen LogP contribution in [-0.4, -0.2) is 15.0 Å². The second kappa shape index (κ2) is 5.14. The molecule has 0 aliphatic carbocycles. The Morgan fingerprint density at radius 3 is 2.69 bits per heavy atom. The van der Waals surface area contributed by atoms with Crippen LogP contribution in [0.25, 0.3) is 0 Å². The molecule has 2 aromatic heterocycles. The molecule has 5 heteroatoms. The molecule has 0 radical (unpaired) electrons. The molecule has 0 amide bonds. The van der Waals surface area contributed by atoms with Crippen molar-refractivity contribution in [2.24, 2.45) is 0 Å². The number of aryl methyl sites for hydroxylation is 2. The lowest BCUT2D eigenvalue weighted by Crippen LogP contribution is -2.14. The molecule has 0 unspecified atom stereocenters. The van der Waals surface area contributed by atoms with E-state index in [1.54, 1.807) is 17.5 Å². The molecule has 2 rings (SSSR count). The molecule has 84 valence electrons. The van der Waals surface area contributed by atoms with Crippen molar-refractivity contribution >= 4 is 11.3 Å². The maximum absolute atomic E-state index is 4.38. The molecule has 0 spiro atoms. The number of hydrogen-bond acceptors (Lipinski definition) is 5. The molecular weight excluding hydrogens is 220 g/mol. The molecule has 0 saturated carbocycles. The maximum atomic E-state index is 4.38. The number of nitrogens with one attached hydrogen (secondary N) is 1. The van der Waals surface area contributed by atoms with E-state index in [4.69, 9.17) is 0 Å². The van der Waals surface area contributed by atoms with E-state index in [0.29, 0.717) is 0 Å². The van der Waals surface area contributed by atoms with E-state index in [9.17, 15) is 0 Å². The van der Waals surface area contributed by atoms with E-state index in [1.165, 1.54) is 0 Å². The van der Waals surface area contributed by atoms with E-state index < -0.39 is 0 Å². The van der Waals surface area contributed by atoms with Crippen molar-refractivity contribution in [3.05, 3.63) is 39.9 Å².